The highest BCUT2D eigenvalue weighted by molar-refractivity contribution is 5.00. The molecular formula is C8H17NO. The summed E-state index contributed by atoms with van der Waals surface area (Å²) in [7, 11) is 0. The molecule has 3 N–H and O–H groups in total. The fourth-order valence-electron chi connectivity index (χ4n) is 1.49. The molecule has 2 nitrogen and oxygen atoms in total. The van der Waals surface area contributed by atoms with E-state index in [9.17, 15) is 5.11 Å². The average molecular weight is 143 g/mol. The van der Waals surface area contributed by atoms with E-state index in [1.165, 1.54) is 0 Å². The number of hydrogen-bond donors (Lipinski definition) is 2. The zero-order valence-corrected chi connectivity index (χ0v) is 6.80. The van der Waals surface area contributed by atoms with Crippen molar-refractivity contribution in [1.29, 1.82) is 0 Å². The molecule has 0 saturated heterocycles. The monoisotopic (exact) mass is 143 g/mol. The van der Waals surface area contributed by atoms with Crippen LogP contribution in [0.25, 0.3) is 0 Å². The van der Waals surface area contributed by atoms with Crippen LogP contribution in [-0.4, -0.2) is 17.8 Å². The largest absolute Gasteiger partial charge is 0.392 e. The van der Waals surface area contributed by atoms with E-state index in [2.05, 4.69) is 0 Å². The Morgan fingerprint density at radius 3 is 2.10 bits per heavy atom. The Kier molecular flexibility index (Phi) is 2.02. The SMILES string of the molecule is CC(C)C(O)C1(CN)CC1. The molecule has 0 amide bonds. The zero-order chi connectivity index (χ0) is 7.78. The van der Waals surface area contributed by atoms with Gasteiger partial charge in [0.15, 0.2) is 0 Å². The van der Waals surface area contributed by atoms with Crippen molar-refractivity contribution in [2.75, 3.05) is 6.54 Å². The second-order valence-corrected chi connectivity index (χ2v) is 3.76. The van der Waals surface area contributed by atoms with E-state index in [4.69, 9.17) is 5.73 Å². The molecule has 2 heteroatoms. The molecule has 0 aromatic carbocycles. The Morgan fingerprint density at radius 1 is 1.50 bits per heavy atom. The number of aliphatic hydroxyl groups is 1. The molecule has 1 saturated carbocycles. The maximum Gasteiger partial charge on any atom is 0.0631 e. The van der Waals surface area contributed by atoms with Crippen LogP contribution in [0.1, 0.15) is 26.7 Å². The van der Waals surface area contributed by atoms with Gasteiger partial charge in [-0.15, -0.1) is 0 Å². The summed E-state index contributed by atoms with van der Waals surface area (Å²) in [4.78, 5) is 0. The van der Waals surface area contributed by atoms with Gasteiger partial charge in [0.05, 0.1) is 6.10 Å². The van der Waals surface area contributed by atoms with Gasteiger partial charge in [-0.2, -0.15) is 0 Å². The Bertz CT molecular complexity index is 118. The molecule has 1 unspecified atom stereocenters. The first-order valence-electron chi connectivity index (χ1n) is 4.00. The molecule has 0 aromatic rings. The zero-order valence-electron chi connectivity index (χ0n) is 6.80. The van der Waals surface area contributed by atoms with Crippen molar-refractivity contribution in [3.63, 3.8) is 0 Å². The van der Waals surface area contributed by atoms with Crippen LogP contribution in [0, 0.1) is 11.3 Å². The lowest BCUT2D eigenvalue weighted by atomic mass is 9.91. The van der Waals surface area contributed by atoms with Crippen molar-refractivity contribution in [3.05, 3.63) is 0 Å². The van der Waals surface area contributed by atoms with Crippen LogP contribution < -0.4 is 5.73 Å². The lowest BCUT2D eigenvalue weighted by Crippen LogP contribution is -2.33. The molecule has 1 atom stereocenters. The van der Waals surface area contributed by atoms with Crippen molar-refractivity contribution in [2.45, 2.75) is 32.8 Å². The lowest BCUT2D eigenvalue weighted by molar-refractivity contribution is 0.0547. The third-order valence-electron chi connectivity index (χ3n) is 2.56. The first-order chi connectivity index (χ1) is 4.62. The Morgan fingerprint density at radius 2 is 2.00 bits per heavy atom. The second kappa shape index (κ2) is 2.51. The van der Waals surface area contributed by atoms with Crippen LogP contribution in [0.3, 0.4) is 0 Å². The lowest BCUT2D eigenvalue weighted by Gasteiger charge is -2.23. The fourth-order valence-corrected chi connectivity index (χ4v) is 1.49. The van der Waals surface area contributed by atoms with Gasteiger partial charge in [0, 0.05) is 12.0 Å². The molecule has 10 heavy (non-hydrogen) atoms. The molecule has 1 aliphatic rings. The summed E-state index contributed by atoms with van der Waals surface area (Å²) < 4.78 is 0. The fraction of sp³-hybridized carbons (Fsp3) is 1.00. The molecular weight excluding hydrogens is 126 g/mol. The Hall–Kier alpha value is -0.0800. The maximum atomic E-state index is 9.64. The first kappa shape index (κ1) is 8.02. The smallest absolute Gasteiger partial charge is 0.0631 e. The van der Waals surface area contributed by atoms with Gasteiger partial charge in [-0.25, -0.2) is 0 Å². The molecule has 60 valence electrons. The molecule has 0 radical (unpaired) electrons. The molecule has 0 bridgehead atoms. The number of rotatable bonds is 3. The summed E-state index contributed by atoms with van der Waals surface area (Å²) in [5.41, 5.74) is 5.65. The Labute approximate surface area is 62.4 Å². The first-order valence-corrected chi connectivity index (χ1v) is 4.00. The quantitative estimate of drug-likeness (QED) is 0.612. The van der Waals surface area contributed by atoms with E-state index < -0.39 is 0 Å². The maximum absolute atomic E-state index is 9.64. The highest BCUT2D eigenvalue weighted by Crippen LogP contribution is 2.49. The predicted octanol–water partition coefficient (Wildman–Crippen LogP) is 0.742. The van der Waals surface area contributed by atoms with Crippen molar-refractivity contribution in [1.82, 2.24) is 0 Å². The van der Waals surface area contributed by atoms with Crippen molar-refractivity contribution in [3.8, 4) is 0 Å². The average Bonchev–Trinajstić information content (AvgIpc) is 2.66. The normalized spacial score (nSPS) is 24.9. The van der Waals surface area contributed by atoms with Gasteiger partial charge in [-0.1, -0.05) is 13.8 Å². The van der Waals surface area contributed by atoms with Gasteiger partial charge in [0.1, 0.15) is 0 Å². The van der Waals surface area contributed by atoms with Crippen molar-refractivity contribution >= 4 is 0 Å². The van der Waals surface area contributed by atoms with E-state index in [-0.39, 0.29) is 11.5 Å². The summed E-state index contributed by atoms with van der Waals surface area (Å²) >= 11 is 0. The minimum atomic E-state index is -0.183. The summed E-state index contributed by atoms with van der Waals surface area (Å²) in [5.74, 6) is 0.353. The number of aliphatic hydroxyl groups excluding tert-OH is 1. The van der Waals surface area contributed by atoms with Crippen LogP contribution in [0.2, 0.25) is 0 Å². The molecule has 0 aliphatic heterocycles. The van der Waals surface area contributed by atoms with E-state index in [1.54, 1.807) is 0 Å². The molecule has 0 spiro atoms. The van der Waals surface area contributed by atoms with Crippen LogP contribution in [0.4, 0.5) is 0 Å². The molecule has 1 rings (SSSR count). The topological polar surface area (TPSA) is 46.2 Å². The summed E-state index contributed by atoms with van der Waals surface area (Å²) in [5, 5.41) is 9.64. The second-order valence-electron chi connectivity index (χ2n) is 3.76. The van der Waals surface area contributed by atoms with Crippen LogP contribution in [0.5, 0.6) is 0 Å². The predicted molar refractivity (Wildman–Crippen MR) is 41.6 cm³/mol. The highest BCUT2D eigenvalue weighted by atomic mass is 16.3. The molecule has 0 aromatic heterocycles. The van der Waals surface area contributed by atoms with Crippen LogP contribution >= 0.6 is 0 Å². The Balaban J connectivity index is 2.47. The third-order valence-corrected chi connectivity index (χ3v) is 2.56. The number of nitrogens with two attached hydrogens (primary N) is 1. The van der Waals surface area contributed by atoms with E-state index in [1.807, 2.05) is 13.8 Å². The number of hydrogen-bond acceptors (Lipinski definition) is 2. The van der Waals surface area contributed by atoms with Crippen molar-refractivity contribution < 1.29 is 5.11 Å². The van der Waals surface area contributed by atoms with Gasteiger partial charge in [-0.05, 0) is 18.8 Å². The summed E-state index contributed by atoms with van der Waals surface area (Å²) in [6.07, 6.45) is 2.04. The van der Waals surface area contributed by atoms with Gasteiger partial charge >= 0.3 is 0 Å². The molecule has 1 fully saturated rings. The van der Waals surface area contributed by atoms with Gasteiger partial charge in [0.2, 0.25) is 0 Å². The van der Waals surface area contributed by atoms with Gasteiger partial charge in [0.25, 0.3) is 0 Å². The van der Waals surface area contributed by atoms with E-state index >= 15 is 0 Å². The van der Waals surface area contributed by atoms with Crippen LogP contribution in [0.15, 0.2) is 0 Å². The van der Waals surface area contributed by atoms with Crippen molar-refractivity contribution in [2.24, 2.45) is 17.1 Å². The van der Waals surface area contributed by atoms with E-state index in [0.29, 0.717) is 12.5 Å². The summed E-state index contributed by atoms with van der Waals surface area (Å²) in [6.45, 7) is 4.73. The van der Waals surface area contributed by atoms with Gasteiger partial charge in [-0.3, -0.25) is 0 Å². The molecule has 1 aliphatic carbocycles. The standard InChI is InChI=1S/C8H17NO/c1-6(2)7(10)8(5-9)3-4-8/h6-7,10H,3-5,9H2,1-2H3. The minimum Gasteiger partial charge on any atom is -0.392 e. The van der Waals surface area contributed by atoms with Crippen LogP contribution in [-0.2, 0) is 0 Å². The molecule has 0 heterocycles. The third kappa shape index (κ3) is 1.18. The van der Waals surface area contributed by atoms with E-state index in [0.717, 1.165) is 12.8 Å². The minimum absolute atomic E-state index is 0.105. The van der Waals surface area contributed by atoms with Gasteiger partial charge < -0.3 is 10.8 Å². The summed E-state index contributed by atoms with van der Waals surface area (Å²) in [6, 6.07) is 0. The highest BCUT2D eigenvalue weighted by Gasteiger charge is 2.48.